The lowest BCUT2D eigenvalue weighted by atomic mass is 10.1. The maximum absolute atomic E-state index is 12.1. The third-order valence-corrected chi connectivity index (χ3v) is 3.75. The zero-order valence-electron chi connectivity index (χ0n) is 10.6. The largest absolute Gasteiger partial charge is 0.478 e. The van der Waals surface area contributed by atoms with E-state index < -0.39 is 11.9 Å². The number of carbonyl (C=O) groups is 2. The van der Waals surface area contributed by atoms with Gasteiger partial charge in [-0.2, -0.15) is 0 Å². The summed E-state index contributed by atoms with van der Waals surface area (Å²) in [6.07, 6.45) is 1.38. The number of carboxylic acids is 1. The molecule has 1 aromatic heterocycles. The van der Waals surface area contributed by atoms with Crippen molar-refractivity contribution in [3.8, 4) is 0 Å². The van der Waals surface area contributed by atoms with Gasteiger partial charge in [0.05, 0.1) is 11.3 Å². The van der Waals surface area contributed by atoms with E-state index in [-0.39, 0.29) is 11.3 Å². The lowest BCUT2D eigenvalue weighted by Crippen LogP contribution is -2.18. The second-order valence-electron chi connectivity index (χ2n) is 4.10. The first-order valence-electron chi connectivity index (χ1n) is 5.75. The summed E-state index contributed by atoms with van der Waals surface area (Å²) < 4.78 is 0.751. The Morgan fingerprint density at radius 1 is 1.25 bits per heavy atom. The first-order chi connectivity index (χ1) is 9.50. The van der Waals surface area contributed by atoms with Gasteiger partial charge in [0.25, 0.3) is 5.91 Å². The van der Waals surface area contributed by atoms with Gasteiger partial charge >= 0.3 is 5.97 Å². The zero-order valence-corrected chi connectivity index (χ0v) is 12.1. The lowest BCUT2D eigenvalue weighted by molar-refractivity contribution is 0.0691. The van der Waals surface area contributed by atoms with E-state index in [1.807, 2.05) is 13.0 Å². The number of anilines is 1. The van der Waals surface area contributed by atoms with Crippen molar-refractivity contribution in [2.75, 3.05) is 5.32 Å². The molecule has 1 aromatic carbocycles. The predicted molar refractivity (Wildman–Crippen MR) is 78.0 cm³/mol. The van der Waals surface area contributed by atoms with Gasteiger partial charge in [-0.3, -0.25) is 9.78 Å². The zero-order chi connectivity index (χ0) is 14.7. The highest BCUT2D eigenvalue weighted by Crippen LogP contribution is 2.26. The molecule has 20 heavy (non-hydrogen) atoms. The number of nitrogens with zero attached hydrogens (tertiary/aromatic N) is 1. The Bertz CT molecular complexity index is 686. The van der Waals surface area contributed by atoms with E-state index in [1.54, 1.807) is 12.1 Å². The average molecular weight is 335 g/mol. The van der Waals surface area contributed by atoms with Crippen molar-refractivity contribution in [3.63, 3.8) is 0 Å². The minimum absolute atomic E-state index is 0.117. The van der Waals surface area contributed by atoms with E-state index in [0.717, 1.165) is 10.0 Å². The monoisotopic (exact) mass is 334 g/mol. The van der Waals surface area contributed by atoms with Crippen LogP contribution in [0.4, 0.5) is 5.69 Å². The van der Waals surface area contributed by atoms with Crippen molar-refractivity contribution >= 4 is 33.5 Å². The molecule has 0 bridgehead atoms. The number of nitrogens with one attached hydrogen (secondary N) is 1. The normalized spacial score (nSPS) is 10.1. The van der Waals surface area contributed by atoms with E-state index in [4.69, 9.17) is 5.11 Å². The number of halogens is 1. The molecule has 0 aliphatic carbocycles. The van der Waals surface area contributed by atoms with Crippen LogP contribution in [0.3, 0.4) is 0 Å². The SMILES string of the molecule is Cc1cccc(NC(=O)c2ncccc2C(=O)O)c1Br. The minimum Gasteiger partial charge on any atom is -0.478 e. The Morgan fingerprint density at radius 3 is 2.70 bits per heavy atom. The Kier molecular flexibility index (Phi) is 4.14. The molecule has 2 rings (SSSR count). The maximum atomic E-state index is 12.1. The molecule has 0 aliphatic heterocycles. The molecule has 0 saturated carbocycles. The van der Waals surface area contributed by atoms with E-state index in [0.29, 0.717) is 5.69 Å². The van der Waals surface area contributed by atoms with Gasteiger partial charge in [-0.25, -0.2) is 4.79 Å². The minimum atomic E-state index is -1.19. The van der Waals surface area contributed by atoms with E-state index >= 15 is 0 Å². The summed E-state index contributed by atoms with van der Waals surface area (Å²) >= 11 is 3.38. The Hall–Kier alpha value is -2.21. The van der Waals surface area contributed by atoms with Crippen molar-refractivity contribution in [2.45, 2.75) is 6.92 Å². The summed E-state index contributed by atoms with van der Waals surface area (Å²) in [6.45, 7) is 1.89. The first-order valence-corrected chi connectivity index (χ1v) is 6.55. The molecule has 5 nitrogen and oxygen atoms in total. The van der Waals surface area contributed by atoms with Crippen LogP contribution in [0.2, 0.25) is 0 Å². The molecule has 1 amide bonds. The fourth-order valence-corrected chi connectivity index (χ4v) is 2.05. The van der Waals surface area contributed by atoms with Crippen LogP contribution in [0.1, 0.15) is 26.4 Å². The molecular weight excluding hydrogens is 324 g/mol. The summed E-state index contributed by atoms with van der Waals surface area (Å²) in [5, 5.41) is 11.7. The van der Waals surface area contributed by atoms with Gasteiger partial charge in [-0.15, -0.1) is 0 Å². The third-order valence-electron chi connectivity index (χ3n) is 2.69. The maximum Gasteiger partial charge on any atom is 0.338 e. The second-order valence-corrected chi connectivity index (χ2v) is 4.89. The van der Waals surface area contributed by atoms with Gasteiger partial charge in [0.15, 0.2) is 0 Å². The molecule has 0 spiro atoms. The van der Waals surface area contributed by atoms with Crippen molar-refractivity contribution in [3.05, 3.63) is 57.8 Å². The van der Waals surface area contributed by atoms with E-state index in [2.05, 4.69) is 26.2 Å². The molecule has 0 aliphatic rings. The summed E-state index contributed by atoms with van der Waals surface area (Å²) in [5.74, 6) is -1.75. The van der Waals surface area contributed by atoms with Crippen LogP contribution in [0.25, 0.3) is 0 Å². The highest BCUT2D eigenvalue weighted by atomic mass is 79.9. The van der Waals surface area contributed by atoms with Gasteiger partial charge in [-0.05, 0) is 46.6 Å². The standard InChI is InChI=1S/C14H11BrN2O3/c1-8-4-2-6-10(11(8)15)17-13(18)12-9(14(19)20)5-3-7-16-12/h2-7H,1H3,(H,17,18)(H,19,20). The Morgan fingerprint density at radius 2 is 2.00 bits per heavy atom. The van der Waals surface area contributed by atoms with Crippen LogP contribution < -0.4 is 5.32 Å². The number of aryl methyl sites for hydroxylation is 1. The number of pyridine rings is 1. The number of aromatic nitrogens is 1. The topological polar surface area (TPSA) is 79.3 Å². The van der Waals surface area contributed by atoms with Crippen molar-refractivity contribution in [1.29, 1.82) is 0 Å². The summed E-state index contributed by atoms with van der Waals surface area (Å²) in [6, 6.07) is 8.23. The number of benzene rings is 1. The van der Waals surface area contributed by atoms with Crippen LogP contribution in [-0.4, -0.2) is 22.0 Å². The van der Waals surface area contributed by atoms with Crippen LogP contribution in [0.15, 0.2) is 41.0 Å². The summed E-state index contributed by atoms with van der Waals surface area (Å²) in [4.78, 5) is 27.1. The second kappa shape index (κ2) is 5.83. The van der Waals surface area contributed by atoms with Crippen molar-refractivity contribution in [1.82, 2.24) is 4.98 Å². The first kappa shape index (κ1) is 14.2. The van der Waals surface area contributed by atoms with Gasteiger partial charge in [0.1, 0.15) is 5.69 Å². The van der Waals surface area contributed by atoms with E-state index in [9.17, 15) is 9.59 Å². The van der Waals surface area contributed by atoms with Crippen LogP contribution >= 0.6 is 15.9 Å². The number of amides is 1. The number of rotatable bonds is 3. The van der Waals surface area contributed by atoms with Gasteiger partial charge < -0.3 is 10.4 Å². The fourth-order valence-electron chi connectivity index (χ4n) is 1.68. The van der Waals surface area contributed by atoms with Crippen molar-refractivity contribution in [2.24, 2.45) is 0 Å². The summed E-state index contributed by atoms with van der Waals surface area (Å²) in [7, 11) is 0. The van der Waals surface area contributed by atoms with Gasteiger partial charge in [-0.1, -0.05) is 12.1 Å². The Balaban J connectivity index is 2.34. The van der Waals surface area contributed by atoms with Crippen LogP contribution in [0, 0.1) is 6.92 Å². The lowest BCUT2D eigenvalue weighted by Gasteiger charge is -2.09. The van der Waals surface area contributed by atoms with Crippen LogP contribution in [0.5, 0.6) is 0 Å². The summed E-state index contributed by atoms with van der Waals surface area (Å²) in [5.41, 5.74) is 1.28. The van der Waals surface area contributed by atoms with Crippen molar-refractivity contribution < 1.29 is 14.7 Å². The molecule has 6 heteroatoms. The van der Waals surface area contributed by atoms with E-state index in [1.165, 1.54) is 18.3 Å². The Labute approximate surface area is 123 Å². The van der Waals surface area contributed by atoms with Gasteiger partial charge in [0.2, 0.25) is 0 Å². The molecule has 2 aromatic rings. The molecule has 2 N–H and O–H groups in total. The van der Waals surface area contributed by atoms with Gasteiger partial charge in [0, 0.05) is 10.7 Å². The molecule has 0 saturated heterocycles. The quantitative estimate of drug-likeness (QED) is 0.903. The van der Waals surface area contributed by atoms with Crippen LogP contribution in [-0.2, 0) is 0 Å². The molecule has 0 unspecified atom stereocenters. The highest BCUT2D eigenvalue weighted by Gasteiger charge is 2.18. The number of carboxylic acid groups (broad SMARTS) is 1. The number of hydrogen-bond donors (Lipinski definition) is 2. The number of carbonyl (C=O) groups excluding carboxylic acids is 1. The smallest absolute Gasteiger partial charge is 0.338 e. The molecule has 0 atom stereocenters. The predicted octanol–water partition coefficient (Wildman–Crippen LogP) is 3.10. The molecule has 102 valence electrons. The number of aromatic carboxylic acids is 1. The molecule has 0 radical (unpaired) electrons. The fraction of sp³-hybridized carbons (Fsp3) is 0.0714. The molecule has 1 heterocycles. The average Bonchev–Trinajstić information content (AvgIpc) is 2.43. The molecular formula is C14H11BrN2O3. The number of hydrogen-bond acceptors (Lipinski definition) is 3. The highest BCUT2D eigenvalue weighted by molar-refractivity contribution is 9.10. The third kappa shape index (κ3) is 2.85. The molecule has 0 fully saturated rings.